The normalized spacial score (nSPS) is 13.5. The van der Waals surface area contributed by atoms with Crippen molar-refractivity contribution < 1.29 is 0 Å². The minimum atomic E-state index is 0.777. The standard InChI is InChI=1S/C29H22N2/c1-20-17-22(19-30-27-13-7-5-11-24(20)27)21-15-16-29-26(18-21)25-12-6-8-14-28(25)31(29)23-9-3-2-4-10-23/h2-18,30H,1,19H2. The van der Waals surface area contributed by atoms with Crippen molar-refractivity contribution in [3.05, 3.63) is 121 Å². The molecule has 0 spiro atoms. The average Bonchev–Trinajstić information content (AvgIpc) is 3.05. The summed E-state index contributed by atoms with van der Waals surface area (Å²) in [5, 5.41) is 6.13. The number of nitrogens with zero attached hydrogens (tertiary/aromatic N) is 1. The molecular formula is C29H22N2. The van der Waals surface area contributed by atoms with Gasteiger partial charge in [0, 0.05) is 34.3 Å². The molecule has 0 saturated heterocycles. The fraction of sp³-hybridized carbons (Fsp3) is 0.0345. The molecule has 2 nitrogen and oxygen atoms in total. The van der Waals surface area contributed by atoms with E-state index < -0.39 is 0 Å². The Morgan fingerprint density at radius 3 is 2.35 bits per heavy atom. The van der Waals surface area contributed by atoms with Crippen LogP contribution in [0.1, 0.15) is 11.1 Å². The number of aromatic nitrogens is 1. The van der Waals surface area contributed by atoms with E-state index in [2.05, 4.69) is 120 Å². The van der Waals surface area contributed by atoms with Crippen LogP contribution in [0.4, 0.5) is 5.69 Å². The Kier molecular flexibility index (Phi) is 4.03. The van der Waals surface area contributed by atoms with Crippen LogP contribution in [0, 0.1) is 0 Å². The third kappa shape index (κ3) is 2.88. The molecule has 0 bridgehead atoms. The molecule has 148 valence electrons. The number of benzene rings is 4. The van der Waals surface area contributed by atoms with Gasteiger partial charge in [0.05, 0.1) is 11.0 Å². The van der Waals surface area contributed by atoms with Gasteiger partial charge in [-0.1, -0.05) is 67.2 Å². The first-order chi connectivity index (χ1) is 15.3. The smallest absolute Gasteiger partial charge is 0.0541 e. The van der Waals surface area contributed by atoms with Crippen molar-refractivity contribution in [1.29, 1.82) is 0 Å². The Morgan fingerprint density at radius 1 is 0.710 bits per heavy atom. The van der Waals surface area contributed by atoms with Crippen molar-refractivity contribution >= 4 is 38.6 Å². The topological polar surface area (TPSA) is 17.0 Å². The number of rotatable bonds is 2. The maximum absolute atomic E-state index is 4.33. The monoisotopic (exact) mass is 398 g/mol. The van der Waals surface area contributed by atoms with E-state index in [0.29, 0.717) is 0 Å². The number of hydrogen-bond donors (Lipinski definition) is 1. The molecular weight excluding hydrogens is 376 g/mol. The van der Waals surface area contributed by atoms with Gasteiger partial charge in [0.2, 0.25) is 0 Å². The van der Waals surface area contributed by atoms with Gasteiger partial charge in [-0.3, -0.25) is 0 Å². The highest BCUT2D eigenvalue weighted by Gasteiger charge is 2.15. The van der Waals surface area contributed by atoms with Crippen LogP contribution in [0.25, 0.3) is 38.6 Å². The average molecular weight is 399 g/mol. The van der Waals surface area contributed by atoms with Gasteiger partial charge in [-0.2, -0.15) is 0 Å². The highest BCUT2D eigenvalue weighted by molar-refractivity contribution is 6.10. The van der Waals surface area contributed by atoms with Crippen molar-refractivity contribution in [3.63, 3.8) is 0 Å². The third-order valence-corrected chi connectivity index (χ3v) is 6.15. The summed E-state index contributed by atoms with van der Waals surface area (Å²) in [5.41, 5.74) is 9.46. The Bertz CT molecular complexity index is 1490. The molecule has 1 aromatic heterocycles. The molecule has 31 heavy (non-hydrogen) atoms. The molecule has 1 N–H and O–H groups in total. The first-order valence-corrected chi connectivity index (χ1v) is 10.6. The molecule has 0 amide bonds. The van der Waals surface area contributed by atoms with Gasteiger partial charge in [0.25, 0.3) is 0 Å². The Labute approximate surface area is 181 Å². The van der Waals surface area contributed by atoms with Gasteiger partial charge in [-0.05, 0) is 59.2 Å². The van der Waals surface area contributed by atoms with Crippen LogP contribution in [0.5, 0.6) is 0 Å². The fourth-order valence-corrected chi connectivity index (χ4v) is 4.66. The third-order valence-electron chi connectivity index (χ3n) is 6.15. The van der Waals surface area contributed by atoms with E-state index in [1.807, 2.05) is 0 Å². The van der Waals surface area contributed by atoms with Crippen LogP contribution in [-0.2, 0) is 0 Å². The largest absolute Gasteiger partial charge is 0.380 e. The van der Waals surface area contributed by atoms with E-state index >= 15 is 0 Å². The van der Waals surface area contributed by atoms with Crippen molar-refractivity contribution in [2.75, 3.05) is 11.9 Å². The summed E-state index contributed by atoms with van der Waals surface area (Å²) < 4.78 is 2.35. The first-order valence-electron chi connectivity index (χ1n) is 10.6. The van der Waals surface area contributed by atoms with Crippen LogP contribution >= 0.6 is 0 Å². The lowest BCUT2D eigenvalue weighted by atomic mass is 9.99. The lowest BCUT2D eigenvalue weighted by Gasteiger charge is -2.10. The fourth-order valence-electron chi connectivity index (χ4n) is 4.66. The molecule has 0 fully saturated rings. The van der Waals surface area contributed by atoms with Gasteiger partial charge < -0.3 is 9.88 Å². The van der Waals surface area contributed by atoms with Gasteiger partial charge in [0.15, 0.2) is 0 Å². The van der Waals surface area contributed by atoms with E-state index in [1.165, 1.54) is 44.2 Å². The van der Waals surface area contributed by atoms with Gasteiger partial charge in [-0.25, -0.2) is 0 Å². The van der Waals surface area contributed by atoms with E-state index in [1.54, 1.807) is 0 Å². The van der Waals surface area contributed by atoms with Gasteiger partial charge in [0.1, 0.15) is 0 Å². The van der Waals surface area contributed by atoms with E-state index in [-0.39, 0.29) is 0 Å². The van der Waals surface area contributed by atoms with Crippen molar-refractivity contribution in [1.82, 2.24) is 4.57 Å². The zero-order chi connectivity index (χ0) is 20.8. The van der Waals surface area contributed by atoms with Gasteiger partial charge in [-0.15, -0.1) is 0 Å². The minimum Gasteiger partial charge on any atom is -0.380 e. The number of allylic oxidation sites excluding steroid dienone is 2. The molecule has 5 aromatic rings. The molecule has 2 heteroatoms. The summed E-state index contributed by atoms with van der Waals surface area (Å²) in [6.07, 6.45) is 2.22. The summed E-state index contributed by atoms with van der Waals surface area (Å²) in [7, 11) is 0. The van der Waals surface area contributed by atoms with Crippen LogP contribution in [0.2, 0.25) is 0 Å². The molecule has 0 radical (unpaired) electrons. The summed E-state index contributed by atoms with van der Waals surface area (Å²) in [6, 6.07) is 34.4. The molecule has 6 rings (SSSR count). The Balaban J connectivity index is 1.53. The lowest BCUT2D eigenvalue weighted by Crippen LogP contribution is -2.03. The van der Waals surface area contributed by atoms with Crippen molar-refractivity contribution in [2.45, 2.75) is 0 Å². The Morgan fingerprint density at radius 2 is 1.45 bits per heavy atom. The minimum absolute atomic E-state index is 0.777. The zero-order valence-electron chi connectivity index (χ0n) is 17.2. The second-order valence-corrected chi connectivity index (χ2v) is 8.01. The number of nitrogens with one attached hydrogen (secondary N) is 1. The number of para-hydroxylation sites is 3. The van der Waals surface area contributed by atoms with E-state index in [0.717, 1.165) is 17.8 Å². The van der Waals surface area contributed by atoms with Crippen LogP contribution < -0.4 is 5.32 Å². The molecule has 0 aliphatic carbocycles. The highest BCUT2D eigenvalue weighted by atomic mass is 15.0. The van der Waals surface area contributed by atoms with Crippen LogP contribution in [0.3, 0.4) is 0 Å². The second-order valence-electron chi connectivity index (χ2n) is 8.01. The zero-order valence-corrected chi connectivity index (χ0v) is 17.2. The van der Waals surface area contributed by atoms with E-state index in [9.17, 15) is 0 Å². The first kappa shape index (κ1) is 17.8. The summed E-state index contributed by atoms with van der Waals surface area (Å²) in [4.78, 5) is 0. The highest BCUT2D eigenvalue weighted by Crippen LogP contribution is 2.35. The molecule has 0 saturated carbocycles. The molecule has 4 aromatic carbocycles. The lowest BCUT2D eigenvalue weighted by molar-refractivity contribution is 1.18. The number of hydrogen-bond acceptors (Lipinski definition) is 1. The molecule has 1 aliphatic heterocycles. The molecule has 1 aliphatic rings. The maximum Gasteiger partial charge on any atom is 0.0541 e. The van der Waals surface area contributed by atoms with Crippen molar-refractivity contribution in [3.8, 4) is 5.69 Å². The molecule has 2 heterocycles. The van der Waals surface area contributed by atoms with Crippen LogP contribution in [0.15, 0.2) is 110 Å². The van der Waals surface area contributed by atoms with Crippen LogP contribution in [-0.4, -0.2) is 11.1 Å². The number of fused-ring (bicyclic) bond motifs is 4. The Hall–Kier alpha value is -4.04. The summed E-state index contributed by atoms with van der Waals surface area (Å²) >= 11 is 0. The SMILES string of the molecule is C=C1C=C(c2ccc3c(c2)c2ccccc2n3-c2ccccc2)CNc2ccccc21. The predicted octanol–water partition coefficient (Wildman–Crippen LogP) is 7.31. The summed E-state index contributed by atoms with van der Waals surface area (Å²) in [6.45, 7) is 5.10. The summed E-state index contributed by atoms with van der Waals surface area (Å²) in [5.74, 6) is 0. The van der Waals surface area contributed by atoms with Crippen molar-refractivity contribution in [2.24, 2.45) is 0 Å². The van der Waals surface area contributed by atoms with Gasteiger partial charge >= 0.3 is 0 Å². The maximum atomic E-state index is 4.33. The van der Waals surface area contributed by atoms with E-state index in [4.69, 9.17) is 0 Å². The molecule has 0 atom stereocenters. The predicted molar refractivity (Wildman–Crippen MR) is 133 cm³/mol. The quantitative estimate of drug-likeness (QED) is 0.330. The molecule has 0 unspecified atom stereocenters. The number of anilines is 1. The second kappa shape index (κ2) is 7.03.